The molecular formula is C27H42F3N5O3. The van der Waals surface area contributed by atoms with Crippen LogP contribution in [-0.2, 0) is 16.6 Å². The zero-order chi connectivity index (χ0) is 27.1. The van der Waals surface area contributed by atoms with Gasteiger partial charge in [-0.25, -0.2) is 18.0 Å². The molecule has 2 amide bonds. The van der Waals surface area contributed by atoms with Crippen LogP contribution >= 0.6 is 0 Å². The van der Waals surface area contributed by atoms with E-state index in [4.69, 9.17) is 9.26 Å². The Morgan fingerprint density at radius 1 is 1.21 bits per heavy atom. The highest BCUT2D eigenvalue weighted by Crippen LogP contribution is 2.39. The van der Waals surface area contributed by atoms with E-state index in [0.29, 0.717) is 69.2 Å². The number of halogens is 3. The fourth-order valence-corrected chi connectivity index (χ4v) is 6.20. The third-order valence-electron chi connectivity index (χ3n) is 8.76. The molecule has 4 fully saturated rings. The number of likely N-dealkylation sites (tertiary alicyclic amines) is 2. The van der Waals surface area contributed by atoms with Crippen LogP contribution in [0.5, 0.6) is 0 Å². The molecule has 2 saturated carbocycles. The number of aromatic nitrogens is 2. The van der Waals surface area contributed by atoms with Crippen LogP contribution in [0.4, 0.5) is 18.0 Å². The quantitative estimate of drug-likeness (QED) is 0.527. The smallest absolute Gasteiger partial charge is 0.317 e. The van der Waals surface area contributed by atoms with Crippen LogP contribution in [0, 0.1) is 11.8 Å². The third kappa shape index (κ3) is 6.29. The summed E-state index contributed by atoms with van der Waals surface area (Å²) in [5.41, 5.74) is -0.387. The van der Waals surface area contributed by atoms with Crippen LogP contribution in [0.2, 0.25) is 0 Å². The van der Waals surface area contributed by atoms with Gasteiger partial charge < -0.3 is 24.4 Å². The lowest BCUT2D eigenvalue weighted by Gasteiger charge is -2.42. The SMILES string of the molecule is CC(C)CN1CC[C@H](O[C@H]2CCCC(F)(F)[C@@H]2NC(=O)N2CCC(C)(c3noc(CC4C[C@@H]4F)n3)CC2)C1. The van der Waals surface area contributed by atoms with Gasteiger partial charge in [-0.05, 0) is 44.4 Å². The van der Waals surface area contributed by atoms with Crippen molar-refractivity contribution in [2.75, 3.05) is 32.7 Å². The van der Waals surface area contributed by atoms with Crippen LogP contribution in [0.15, 0.2) is 4.52 Å². The minimum atomic E-state index is -3.01. The fraction of sp³-hybridized carbons (Fsp3) is 0.889. The van der Waals surface area contributed by atoms with Crippen LogP contribution in [0.1, 0.15) is 77.4 Å². The average Bonchev–Trinajstić information content (AvgIpc) is 3.20. The van der Waals surface area contributed by atoms with Gasteiger partial charge in [0.15, 0.2) is 5.82 Å². The summed E-state index contributed by atoms with van der Waals surface area (Å²) in [6.45, 7) is 9.79. The molecule has 214 valence electrons. The average molecular weight is 542 g/mol. The van der Waals surface area contributed by atoms with Gasteiger partial charge in [0.05, 0.1) is 12.2 Å². The van der Waals surface area contributed by atoms with Crippen LogP contribution in [-0.4, -0.2) is 89.0 Å². The number of piperidine rings is 1. The minimum Gasteiger partial charge on any atom is -0.371 e. The van der Waals surface area contributed by atoms with E-state index in [0.717, 1.165) is 26.1 Å². The predicted molar refractivity (Wildman–Crippen MR) is 135 cm³/mol. The van der Waals surface area contributed by atoms with Crippen molar-refractivity contribution >= 4 is 6.03 Å². The van der Waals surface area contributed by atoms with Gasteiger partial charge >= 0.3 is 6.03 Å². The summed E-state index contributed by atoms with van der Waals surface area (Å²) in [7, 11) is 0. The van der Waals surface area contributed by atoms with E-state index >= 15 is 8.78 Å². The molecule has 0 spiro atoms. The van der Waals surface area contributed by atoms with Crippen LogP contribution in [0.25, 0.3) is 0 Å². The molecule has 0 aromatic carbocycles. The predicted octanol–water partition coefficient (Wildman–Crippen LogP) is 4.34. The Balaban J connectivity index is 1.15. The first-order valence-electron chi connectivity index (χ1n) is 14.3. The van der Waals surface area contributed by atoms with Crippen molar-refractivity contribution in [1.29, 1.82) is 0 Å². The lowest BCUT2D eigenvalue weighted by molar-refractivity contribution is -0.138. The van der Waals surface area contributed by atoms with Crippen LogP contribution < -0.4 is 5.32 Å². The molecule has 1 aromatic heterocycles. The van der Waals surface area contributed by atoms with Crippen molar-refractivity contribution < 1.29 is 27.2 Å². The Bertz CT molecular complexity index is 968. The van der Waals surface area contributed by atoms with Gasteiger partial charge in [-0.15, -0.1) is 0 Å². The number of rotatable bonds is 8. The van der Waals surface area contributed by atoms with E-state index in [-0.39, 0.29) is 23.9 Å². The van der Waals surface area contributed by atoms with Gasteiger partial charge in [0.1, 0.15) is 12.2 Å². The Labute approximate surface area is 223 Å². The summed E-state index contributed by atoms with van der Waals surface area (Å²) in [5.74, 6) is -1.48. The molecule has 38 heavy (non-hydrogen) atoms. The summed E-state index contributed by atoms with van der Waals surface area (Å²) in [6.07, 6.45) is 2.09. The van der Waals surface area contributed by atoms with Crippen molar-refractivity contribution in [2.24, 2.45) is 11.8 Å². The summed E-state index contributed by atoms with van der Waals surface area (Å²) in [4.78, 5) is 21.6. The van der Waals surface area contributed by atoms with Crippen LogP contribution in [0.3, 0.4) is 0 Å². The number of nitrogens with zero attached hydrogens (tertiary/aromatic N) is 4. The summed E-state index contributed by atoms with van der Waals surface area (Å²) in [5, 5.41) is 6.80. The van der Waals surface area contributed by atoms with E-state index in [2.05, 4.69) is 34.2 Å². The number of hydrogen-bond acceptors (Lipinski definition) is 6. The Kier molecular flexibility index (Phi) is 7.97. The molecule has 1 N–H and O–H groups in total. The first-order valence-corrected chi connectivity index (χ1v) is 14.3. The highest BCUT2D eigenvalue weighted by atomic mass is 19.3. The monoisotopic (exact) mass is 541 g/mol. The van der Waals surface area contributed by atoms with E-state index < -0.39 is 30.3 Å². The zero-order valence-corrected chi connectivity index (χ0v) is 22.8. The highest BCUT2D eigenvalue weighted by Gasteiger charge is 2.50. The van der Waals surface area contributed by atoms with Gasteiger partial charge in [-0.1, -0.05) is 25.9 Å². The minimum absolute atomic E-state index is 0.0278. The molecule has 2 aliphatic carbocycles. The number of ether oxygens (including phenoxy) is 1. The maximum atomic E-state index is 15.1. The van der Waals surface area contributed by atoms with Crippen molar-refractivity contribution in [2.45, 2.75) is 108 Å². The van der Waals surface area contributed by atoms with Crippen molar-refractivity contribution in [1.82, 2.24) is 25.3 Å². The molecule has 0 radical (unpaired) electrons. The standard InChI is InChI=1S/C27H42F3N5O3/c1-17(2)15-34-10-6-19(16-34)37-21-5-4-7-27(29,30)23(21)32-25(36)35-11-8-26(3,9-12-35)24-31-22(38-33-24)14-18-13-20(18)28/h17-21,23H,4-16H2,1-3H3,(H,32,36)/t18?,19-,20-,21-,23+/m0/s1. The molecule has 0 bridgehead atoms. The molecule has 8 nitrogen and oxygen atoms in total. The summed E-state index contributed by atoms with van der Waals surface area (Å²) >= 11 is 0. The largest absolute Gasteiger partial charge is 0.371 e. The zero-order valence-electron chi connectivity index (χ0n) is 22.8. The number of nitrogens with one attached hydrogen (secondary N) is 1. The van der Waals surface area contributed by atoms with Gasteiger partial charge in [0.25, 0.3) is 5.92 Å². The number of hydrogen-bond donors (Lipinski definition) is 1. The van der Waals surface area contributed by atoms with E-state index in [1.54, 1.807) is 4.90 Å². The maximum absolute atomic E-state index is 15.1. The van der Waals surface area contributed by atoms with E-state index in [9.17, 15) is 9.18 Å². The number of urea groups is 1. The molecule has 3 heterocycles. The first kappa shape index (κ1) is 27.7. The Hall–Kier alpha value is -1.88. The highest BCUT2D eigenvalue weighted by molar-refractivity contribution is 5.75. The lowest BCUT2D eigenvalue weighted by atomic mass is 9.79. The van der Waals surface area contributed by atoms with E-state index in [1.807, 2.05) is 6.92 Å². The molecule has 1 aromatic rings. The second-order valence-electron chi connectivity index (χ2n) is 12.6. The molecule has 2 saturated heterocycles. The Morgan fingerprint density at radius 2 is 1.95 bits per heavy atom. The van der Waals surface area contributed by atoms with E-state index in [1.165, 1.54) is 0 Å². The van der Waals surface area contributed by atoms with Crippen molar-refractivity contribution in [3.8, 4) is 0 Å². The van der Waals surface area contributed by atoms with Gasteiger partial charge in [0, 0.05) is 56.9 Å². The molecular weight excluding hydrogens is 499 g/mol. The lowest BCUT2D eigenvalue weighted by Crippen LogP contribution is -2.61. The van der Waals surface area contributed by atoms with Gasteiger partial charge in [0.2, 0.25) is 5.89 Å². The second-order valence-corrected chi connectivity index (χ2v) is 12.6. The molecule has 1 unspecified atom stereocenters. The van der Waals surface area contributed by atoms with Gasteiger partial charge in [-0.2, -0.15) is 4.98 Å². The molecule has 5 rings (SSSR count). The Morgan fingerprint density at radius 3 is 2.63 bits per heavy atom. The number of carbonyl (C=O) groups is 1. The number of carbonyl (C=O) groups excluding carboxylic acids is 1. The molecule has 11 heteroatoms. The van der Waals surface area contributed by atoms with Crippen molar-refractivity contribution in [3.63, 3.8) is 0 Å². The fourth-order valence-electron chi connectivity index (χ4n) is 6.20. The second kappa shape index (κ2) is 10.9. The number of alkyl halides is 3. The van der Waals surface area contributed by atoms with Crippen molar-refractivity contribution in [3.05, 3.63) is 11.7 Å². The number of amides is 2. The van der Waals surface area contributed by atoms with Gasteiger partial charge in [-0.3, -0.25) is 0 Å². The molecule has 5 atom stereocenters. The third-order valence-corrected chi connectivity index (χ3v) is 8.76. The summed E-state index contributed by atoms with van der Waals surface area (Å²) < 4.78 is 54.9. The first-order chi connectivity index (χ1) is 18.0. The molecule has 4 aliphatic rings. The maximum Gasteiger partial charge on any atom is 0.317 e. The normalized spacial score (nSPS) is 33.0. The topological polar surface area (TPSA) is 83.7 Å². The molecule has 2 aliphatic heterocycles. The summed E-state index contributed by atoms with van der Waals surface area (Å²) in [6, 6.07) is -1.81.